The molecule has 4 heteroatoms. The molecule has 2 rings (SSSR count). The van der Waals surface area contributed by atoms with Crippen molar-refractivity contribution in [1.29, 1.82) is 0 Å². The van der Waals surface area contributed by atoms with Crippen molar-refractivity contribution in [3.8, 4) is 5.75 Å². The van der Waals surface area contributed by atoms with Crippen molar-refractivity contribution in [2.45, 2.75) is 19.3 Å². The second kappa shape index (κ2) is 6.12. The molecule has 0 saturated carbocycles. The second-order valence-electron chi connectivity index (χ2n) is 4.41. The average Bonchev–Trinajstić information content (AvgIpc) is 2.34. The van der Waals surface area contributed by atoms with Crippen LogP contribution in [0.3, 0.4) is 0 Å². The zero-order valence-corrected chi connectivity index (χ0v) is 10.7. The van der Waals surface area contributed by atoms with Crippen molar-refractivity contribution in [2.24, 2.45) is 0 Å². The van der Waals surface area contributed by atoms with Gasteiger partial charge in [-0.3, -0.25) is 4.90 Å². The summed E-state index contributed by atoms with van der Waals surface area (Å²) in [6.45, 7) is 3.96. The van der Waals surface area contributed by atoms with Crippen LogP contribution in [0.2, 0.25) is 5.02 Å². The van der Waals surface area contributed by atoms with Gasteiger partial charge in [0.05, 0.1) is 10.7 Å². The van der Waals surface area contributed by atoms with Gasteiger partial charge in [-0.15, -0.1) is 0 Å². The number of halogens is 1. The number of hydrogen-bond donors (Lipinski definition) is 1. The van der Waals surface area contributed by atoms with Crippen molar-refractivity contribution in [3.05, 3.63) is 23.2 Å². The maximum Gasteiger partial charge on any atom is 0.160 e. The first-order chi connectivity index (χ1) is 8.27. The van der Waals surface area contributed by atoms with Gasteiger partial charge in [0.2, 0.25) is 0 Å². The number of nitrogens with zero attached hydrogens (tertiary/aromatic N) is 1. The standard InChI is InChI=1S/C13H19ClN2O/c14-11-5-4-6-12(15)13(11)17-10-9-16-7-2-1-3-8-16/h4-6H,1-3,7-10,15H2. The number of benzene rings is 1. The Kier molecular flexibility index (Phi) is 4.51. The van der Waals surface area contributed by atoms with Gasteiger partial charge in [0.15, 0.2) is 5.75 Å². The molecule has 1 fully saturated rings. The van der Waals surface area contributed by atoms with Crippen LogP contribution in [-0.4, -0.2) is 31.1 Å². The summed E-state index contributed by atoms with van der Waals surface area (Å²) < 4.78 is 5.67. The van der Waals surface area contributed by atoms with Crippen LogP contribution >= 0.6 is 11.6 Å². The molecule has 0 radical (unpaired) electrons. The number of para-hydroxylation sites is 1. The highest BCUT2D eigenvalue weighted by Crippen LogP contribution is 2.30. The van der Waals surface area contributed by atoms with Gasteiger partial charge in [-0.25, -0.2) is 0 Å². The molecule has 17 heavy (non-hydrogen) atoms. The van der Waals surface area contributed by atoms with E-state index in [0.29, 0.717) is 23.1 Å². The van der Waals surface area contributed by atoms with Gasteiger partial charge >= 0.3 is 0 Å². The summed E-state index contributed by atoms with van der Waals surface area (Å²) in [6.07, 6.45) is 3.96. The molecule has 1 aromatic carbocycles. The van der Waals surface area contributed by atoms with Crippen molar-refractivity contribution in [3.63, 3.8) is 0 Å². The molecule has 0 amide bonds. The molecule has 3 nitrogen and oxygen atoms in total. The van der Waals surface area contributed by atoms with Crippen LogP contribution in [0.4, 0.5) is 5.69 Å². The predicted molar refractivity (Wildman–Crippen MR) is 71.7 cm³/mol. The molecule has 1 saturated heterocycles. The third-order valence-electron chi connectivity index (χ3n) is 3.10. The molecule has 2 N–H and O–H groups in total. The molecule has 0 spiro atoms. The lowest BCUT2D eigenvalue weighted by atomic mass is 10.1. The molecule has 1 aromatic rings. The number of nitrogens with two attached hydrogens (primary N) is 1. The van der Waals surface area contributed by atoms with E-state index in [2.05, 4.69) is 4.90 Å². The van der Waals surface area contributed by atoms with Gasteiger partial charge in [0, 0.05) is 6.54 Å². The zero-order valence-electron chi connectivity index (χ0n) is 9.99. The first-order valence-corrected chi connectivity index (χ1v) is 6.54. The van der Waals surface area contributed by atoms with Gasteiger partial charge in [0.25, 0.3) is 0 Å². The largest absolute Gasteiger partial charge is 0.489 e. The van der Waals surface area contributed by atoms with Gasteiger partial charge < -0.3 is 10.5 Å². The van der Waals surface area contributed by atoms with Crippen molar-refractivity contribution in [1.82, 2.24) is 4.90 Å². The molecule has 1 aliphatic heterocycles. The highest BCUT2D eigenvalue weighted by atomic mass is 35.5. The quantitative estimate of drug-likeness (QED) is 0.840. The molecular weight excluding hydrogens is 236 g/mol. The fourth-order valence-corrected chi connectivity index (χ4v) is 2.37. The van der Waals surface area contributed by atoms with Gasteiger partial charge in [-0.1, -0.05) is 24.1 Å². The van der Waals surface area contributed by atoms with E-state index in [1.807, 2.05) is 12.1 Å². The summed E-state index contributed by atoms with van der Waals surface area (Å²) in [5.74, 6) is 0.617. The minimum Gasteiger partial charge on any atom is -0.489 e. The third kappa shape index (κ3) is 3.51. The van der Waals surface area contributed by atoms with E-state index in [-0.39, 0.29) is 0 Å². The highest BCUT2D eigenvalue weighted by molar-refractivity contribution is 6.32. The molecule has 0 aromatic heterocycles. The minimum atomic E-state index is 0.587. The monoisotopic (exact) mass is 254 g/mol. The topological polar surface area (TPSA) is 38.5 Å². The van der Waals surface area contributed by atoms with E-state index in [9.17, 15) is 0 Å². The fraction of sp³-hybridized carbons (Fsp3) is 0.538. The molecule has 0 bridgehead atoms. The highest BCUT2D eigenvalue weighted by Gasteiger charge is 2.11. The van der Waals surface area contributed by atoms with Crippen LogP contribution in [0, 0.1) is 0 Å². The maximum absolute atomic E-state index is 6.03. The molecular formula is C13H19ClN2O. The minimum absolute atomic E-state index is 0.587. The van der Waals surface area contributed by atoms with E-state index in [0.717, 1.165) is 6.54 Å². The van der Waals surface area contributed by atoms with Crippen LogP contribution in [0.5, 0.6) is 5.75 Å². The predicted octanol–water partition coefficient (Wildman–Crippen LogP) is 2.79. The number of hydrogen-bond acceptors (Lipinski definition) is 3. The molecule has 94 valence electrons. The Morgan fingerprint density at radius 2 is 2.00 bits per heavy atom. The van der Waals surface area contributed by atoms with Gasteiger partial charge in [-0.05, 0) is 38.1 Å². The molecule has 0 atom stereocenters. The molecule has 0 unspecified atom stereocenters. The van der Waals surface area contributed by atoms with Crippen LogP contribution < -0.4 is 10.5 Å². The number of anilines is 1. The lowest BCUT2D eigenvalue weighted by Gasteiger charge is -2.26. The van der Waals surface area contributed by atoms with Crippen LogP contribution in [-0.2, 0) is 0 Å². The second-order valence-corrected chi connectivity index (χ2v) is 4.82. The van der Waals surface area contributed by atoms with Gasteiger partial charge in [0.1, 0.15) is 6.61 Å². The fourth-order valence-electron chi connectivity index (χ4n) is 2.14. The number of ether oxygens (including phenoxy) is 1. The van der Waals surface area contributed by atoms with Crippen LogP contribution in [0.1, 0.15) is 19.3 Å². The summed E-state index contributed by atoms with van der Waals surface area (Å²) in [7, 11) is 0. The van der Waals surface area contributed by atoms with E-state index in [1.54, 1.807) is 6.07 Å². The number of likely N-dealkylation sites (tertiary alicyclic amines) is 1. The summed E-state index contributed by atoms with van der Waals surface area (Å²) in [5, 5.41) is 0.587. The third-order valence-corrected chi connectivity index (χ3v) is 3.40. The zero-order chi connectivity index (χ0) is 12.1. The van der Waals surface area contributed by atoms with Crippen LogP contribution in [0.15, 0.2) is 18.2 Å². The van der Waals surface area contributed by atoms with E-state index >= 15 is 0 Å². The molecule has 1 aliphatic rings. The van der Waals surface area contributed by atoms with Crippen molar-refractivity contribution >= 4 is 17.3 Å². The Balaban J connectivity index is 1.81. The lowest BCUT2D eigenvalue weighted by Crippen LogP contribution is -2.33. The Labute approximate surface area is 107 Å². The molecule has 0 aliphatic carbocycles. The molecule has 1 heterocycles. The normalized spacial score (nSPS) is 17.0. The summed E-state index contributed by atoms with van der Waals surface area (Å²) >= 11 is 6.03. The smallest absolute Gasteiger partial charge is 0.160 e. The average molecular weight is 255 g/mol. The number of piperidine rings is 1. The van der Waals surface area contributed by atoms with Crippen molar-refractivity contribution < 1.29 is 4.74 Å². The SMILES string of the molecule is Nc1cccc(Cl)c1OCCN1CCCCC1. The lowest BCUT2D eigenvalue weighted by molar-refractivity contribution is 0.184. The number of nitrogen functional groups attached to an aromatic ring is 1. The van der Waals surface area contributed by atoms with Gasteiger partial charge in [-0.2, -0.15) is 0 Å². The Hall–Kier alpha value is -0.930. The first kappa shape index (κ1) is 12.5. The van der Waals surface area contributed by atoms with Crippen molar-refractivity contribution in [2.75, 3.05) is 32.0 Å². The Morgan fingerprint density at radius 3 is 2.71 bits per heavy atom. The maximum atomic E-state index is 6.03. The van der Waals surface area contributed by atoms with E-state index < -0.39 is 0 Å². The Bertz CT molecular complexity index is 344. The summed E-state index contributed by atoms with van der Waals surface area (Å²) in [5.41, 5.74) is 6.43. The summed E-state index contributed by atoms with van der Waals surface area (Å²) in [6, 6.07) is 5.44. The van der Waals surface area contributed by atoms with E-state index in [4.69, 9.17) is 22.1 Å². The van der Waals surface area contributed by atoms with Crippen LogP contribution in [0.25, 0.3) is 0 Å². The number of rotatable bonds is 4. The van der Waals surface area contributed by atoms with E-state index in [1.165, 1.54) is 32.4 Å². The Morgan fingerprint density at radius 1 is 1.24 bits per heavy atom. The summed E-state index contributed by atoms with van der Waals surface area (Å²) in [4.78, 5) is 2.43. The first-order valence-electron chi connectivity index (χ1n) is 6.16.